The summed E-state index contributed by atoms with van der Waals surface area (Å²) in [7, 11) is 1.60. The maximum Gasteiger partial charge on any atom is 0.203 e. The fourth-order valence-corrected chi connectivity index (χ4v) is 2.34. The summed E-state index contributed by atoms with van der Waals surface area (Å²) in [4.78, 5) is 12.7. The largest absolute Gasteiger partial charge is 0.487 e. The molecular weight excluding hydrogens is 288 g/mol. The van der Waals surface area contributed by atoms with E-state index in [-0.39, 0.29) is 5.78 Å². The third-order valence-corrected chi connectivity index (χ3v) is 3.69. The Morgan fingerprint density at radius 3 is 2.44 bits per heavy atom. The van der Waals surface area contributed by atoms with Crippen LogP contribution >= 0.6 is 27.3 Å². The number of rotatable bonds is 3. The van der Waals surface area contributed by atoms with Gasteiger partial charge in [-0.2, -0.15) is 0 Å². The van der Waals surface area contributed by atoms with Gasteiger partial charge in [0, 0.05) is 10.0 Å². The monoisotopic (exact) mass is 296 g/mol. The predicted octanol–water partition coefficient (Wildman–Crippen LogP) is 3.75. The van der Waals surface area contributed by atoms with Gasteiger partial charge in [-0.3, -0.25) is 4.79 Å². The van der Waals surface area contributed by atoms with E-state index in [9.17, 15) is 4.79 Å². The molecule has 16 heavy (non-hydrogen) atoms. The van der Waals surface area contributed by atoms with Crippen molar-refractivity contribution >= 4 is 33.0 Å². The van der Waals surface area contributed by atoms with Crippen molar-refractivity contribution in [2.75, 3.05) is 7.11 Å². The summed E-state index contributed by atoms with van der Waals surface area (Å²) < 4.78 is 6.02. The Balaban J connectivity index is 2.28. The molecule has 0 atom stereocenters. The fourth-order valence-electron chi connectivity index (χ4n) is 1.30. The summed E-state index contributed by atoms with van der Waals surface area (Å²) in [5, 5.41) is 0.750. The van der Waals surface area contributed by atoms with E-state index in [1.165, 1.54) is 11.3 Å². The third kappa shape index (κ3) is 2.33. The highest BCUT2D eigenvalue weighted by atomic mass is 79.9. The minimum absolute atomic E-state index is 0.0285. The van der Waals surface area contributed by atoms with Crippen LogP contribution in [0.2, 0.25) is 0 Å². The molecule has 1 heterocycles. The van der Waals surface area contributed by atoms with Crippen molar-refractivity contribution in [3.05, 3.63) is 51.3 Å². The van der Waals surface area contributed by atoms with Crippen molar-refractivity contribution in [1.29, 1.82) is 0 Å². The Morgan fingerprint density at radius 1 is 1.19 bits per heavy atom. The van der Waals surface area contributed by atoms with Crippen LogP contribution < -0.4 is 4.74 Å². The van der Waals surface area contributed by atoms with Gasteiger partial charge < -0.3 is 4.74 Å². The van der Waals surface area contributed by atoms with E-state index in [0.29, 0.717) is 10.4 Å². The summed E-state index contributed by atoms with van der Waals surface area (Å²) in [5.41, 5.74) is 0.688. The van der Waals surface area contributed by atoms with Gasteiger partial charge in [0.2, 0.25) is 5.78 Å². The second kappa shape index (κ2) is 4.80. The Bertz CT molecular complexity index is 502. The molecule has 0 bridgehead atoms. The molecule has 0 radical (unpaired) electrons. The summed E-state index contributed by atoms with van der Waals surface area (Å²) in [6.07, 6.45) is 0. The van der Waals surface area contributed by atoms with Crippen LogP contribution in [0.25, 0.3) is 0 Å². The fraction of sp³-hybridized carbons (Fsp3) is 0.0833. The second-order valence-corrected chi connectivity index (χ2v) is 5.12. The molecule has 2 nitrogen and oxygen atoms in total. The zero-order chi connectivity index (χ0) is 11.5. The highest BCUT2D eigenvalue weighted by molar-refractivity contribution is 9.10. The van der Waals surface area contributed by atoms with Crippen molar-refractivity contribution in [1.82, 2.24) is 0 Å². The lowest BCUT2D eigenvalue weighted by Crippen LogP contribution is -1.97. The van der Waals surface area contributed by atoms with Gasteiger partial charge in [0.1, 0.15) is 0 Å². The summed E-state index contributed by atoms with van der Waals surface area (Å²) in [5.74, 6) is 0.0285. The first-order chi connectivity index (χ1) is 7.70. The van der Waals surface area contributed by atoms with E-state index < -0.39 is 0 Å². The van der Waals surface area contributed by atoms with Crippen molar-refractivity contribution in [2.24, 2.45) is 0 Å². The Hall–Kier alpha value is -1.13. The number of halogens is 1. The van der Waals surface area contributed by atoms with Crippen LogP contribution in [0.5, 0.6) is 5.06 Å². The first kappa shape index (κ1) is 11.4. The van der Waals surface area contributed by atoms with E-state index in [4.69, 9.17) is 4.74 Å². The van der Waals surface area contributed by atoms with Crippen LogP contribution in [0.3, 0.4) is 0 Å². The third-order valence-electron chi connectivity index (χ3n) is 2.11. The number of ether oxygens (including phenoxy) is 1. The molecule has 0 N–H and O–H groups in total. The minimum atomic E-state index is 0.0285. The molecule has 0 aliphatic rings. The van der Waals surface area contributed by atoms with Crippen LogP contribution in [-0.2, 0) is 0 Å². The lowest BCUT2D eigenvalue weighted by Gasteiger charge is -1.97. The van der Waals surface area contributed by atoms with Gasteiger partial charge in [0.15, 0.2) is 5.06 Å². The number of carbonyl (C=O) groups excluding carboxylic acids is 1. The van der Waals surface area contributed by atoms with Gasteiger partial charge in [-0.1, -0.05) is 27.3 Å². The molecule has 2 rings (SSSR count). The first-order valence-corrected chi connectivity index (χ1v) is 6.26. The second-order valence-electron chi connectivity index (χ2n) is 3.16. The average Bonchev–Trinajstić information content (AvgIpc) is 2.77. The Kier molecular flexibility index (Phi) is 3.41. The molecule has 0 fully saturated rings. The molecule has 0 amide bonds. The average molecular weight is 297 g/mol. The predicted molar refractivity (Wildman–Crippen MR) is 68.4 cm³/mol. The summed E-state index contributed by atoms with van der Waals surface area (Å²) in [6.45, 7) is 0. The van der Waals surface area contributed by atoms with Crippen molar-refractivity contribution < 1.29 is 9.53 Å². The zero-order valence-electron chi connectivity index (χ0n) is 8.57. The lowest BCUT2D eigenvalue weighted by molar-refractivity contribution is 0.104. The highest BCUT2D eigenvalue weighted by Gasteiger charge is 2.11. The molecular formula is C12H9BrO2S. The van der Waals surface area contributed by atoms with E-state index >= 15 is 0 Å². The zero-order valence-corrected chi connectivity index (χ0v) is 11.0. The van der Waals surface area contributed by atoms with E-state index in [1.807, 2.05) is 12.1 Å². The highest BCUT2D eigenvalue weighted by Crippen LogP contribution is 2.26. The molecule has 82 valence electrons. The number of thiophene rings is 1. The van der Waals surface area contributed by atoms with E-state index in [0.717, 1.165) is 9.54 Å². The number of methoxy groups -OCH3 is 1. The van der Waals surface area contributed by atoms with Crippen molar-refractivity contribution in [2.45, 2.75) is 0 Å². The lowest BCUT2D eigenvalue weighted by atomic mass is 10.1. The van der Waals surface area contributed by atoms with Gasteiger partial charge in [0.05, 0.1) is 12.0 Å². The van der Waals surface area contributed by atoms with Gasteiger partial charge in [-0.05, 0) is 36.4 Å². The molecule has 0 saturated heterocycles. The molecule has 0 aliphatic carbocycles. The molecule has 0 aliphatic heterocycles. The Morgan fingerprint density at radius 2 is 1.88 bits per heavy atom. The van der Waals surface area contributed by atoms with Crippen LogP contribution in [0, 0.1) is 0 Å². The van der Waals surface area contributed by atoms with Crippen LogP contribution in [0.1, 0.15) is 15.2 Å². The van der Waals surface area contributed by atoms with Crippen molar-refractivity contribution in [3.8, 4) is 5.06 Å². The number of carbonyl (C=O) groups is 1. The maximum atomic E-state index is 12.0. The first-order valence-electron chi connectivity index (χ1n) is 4.65. The minimum Gasteiger partial charge on any atom is -0.487 e. The Labute approximate surface area is 106 Å². The molecule has 1 aromatic heterocycles. The number of hydrogen-bond acceptors (Lipinski definition) is 3. The number of ketones is 1. The topological polar surface area (TPSA) is 26.3 Å². The summed E-state index contributed by atoms with van der Waals surface area (Å²) in [6, 6.07) is 10.9. The molecule has 4 heteroatoms. The standard InChI is InChI=1S/C12H9BrO2S/c1-15-11-7-6-10(16-11)12(14)8-2-4-9(13)5-3-8/h2-7H,1H3. The van der Waals surface area contributed by atoms with E-state index in [1.54, 1.807) is 31.4 Å². The summed E-state index contributed by atoms with van der Waals surface area (Å²) >= 11 is 4.69. The van der Waals surface area contributed by atoms with Gasteiger partial charge in [-0.25, -0.2) is 0 Å². The van der Waals surface area contributed by atoms with Gasteiger partial charge in [-0.15, -0.1) is 0 Å². The molecule has 0 saturated carbocycles. The molecule has 0 spiro atoms. The molecule has 2 aromatic rings. The number of benzene rings is 1. The van der Waals surface area contributed by atoms with Crippen molar-refractivity contribution in [3.63, 3.8) is 0 Å². The van der Waals surface area contributed by atoms with Crippen LogP contribution in [0.15, 0.2) is 40.9 Å². The maximum absolute atomic E-state index is 12.0. The van der Waals surface area contributed by atoms with Gasteiger partial charge >= 0.3 is 0 Å². The van der Waals surface area contributed by atoms with Crippen LogP contribution in [-0.4, -0.2) is 12.9 Å². The normalized spacial score (nSPS) is 10.1. The SMILES string of the molecule is COc1ccc(C(=O)c2ccc(Br)cc2)s1. The van der Waals surface area contributed by atoms with E-state index in [2.05, 4.69) is 15.9 Å². The quantitative estimate of drug-likeness (QED) is 0.807. The number of hydrogen-bond donors (Lipinski definition) is 0. The molecule has 0 unspecified atom stereocenters. The molecule has 1 aromatic carbocycles. The smallest absolute Gasteiger partial charge is 0.203 e. The van der Waals surface area contributed by atoms with Crippen LogP contribution in [0.4, 0.5) is 0 Å². The van der Waals surface area contributed by atoms with Gasteiger partial charge in [0.25, 0.3) is 0 Å².